The van der Waals surface area contributed by atoms with Crippen LogP contribution in [0.4, 0.5) is 5.69 Å². The summed E-state index contributed by atoms with van der Waals surface area (Å²) in [7, 11) is 0. The van der Waals surface area contributed by atoms with Crippen LogP contribution in [0.15, 0.2) is 48.5 Å². The Bertz CT molecular complexity index is 580. The van der Waals surface area contributed by atoms with E-state index >= 15 is 0 Å². The van der Waals surface area contributed by atoms with Crippen molar-refractivity contribution in [2.24, 2.45) is 0 Å². The maximum atomic E-state index is 10.5. The van der Waals surface area contributed by atoms with Crippen molar-refractivity contribution in [3.63, 3.8) is 0 Å². The lowest BCUT2D eigenvalue weighted by molar-refractivity contribution is -0.384. The van der Waals surface area contributed by atoms with Crippen LogP contribution in [0, 0.1) is 10.1 Å². The number of benzene rings is 2. The largest absolute Gasteiger partial charge is 0.491 e. The molecule has 0 fully saturated rings. The molecule has 2 aromatic rings. The molecule has 0 amide bonds. The SMILES string of the molecule is O=[N+]([O-])c1ccc(COc2ccc(OCCO)cc2)cc1. The fraction of sp³-hybridized carbons (Fsp3) is 0.200. The third-order valence-corrected chi connectivity index (χ3v) is 2.74. The maximum absolute atomic E-state index is 10.5. The Morgan fingerprint density at radius 3 is 2.05 bits per heavy atom. The molecule has 0 aliphatic heterocycles. The molecule has 0 spiro atoms. The van der Waals surface area contributed by atoms with Crippen LogP contribution >= 0.6 is 0 Å². The highest BCUT2D eigenvalue weighted by atomic mass is 16.6. The van der Waals surface area contributed by atoms with Gasteiger partial charge in [0, 0.05) is 12.1 Å². The first-order chi connectivity index (χ1) is 10.2. The van der Waals surface area contributed by atoms with Gasteiger partial charge in [0.15, 0.2) is 0 Å². The summed E-state index contributed by atoms with van der Waals surface area (Å²) in [6.07, 6.45) is 0. The average Bonchev–Trinajstić information content (AvgIpc) is 2.52. The van der Waals surface area contributed by atoms with E-state index in [2.05, 4.69) is 0 Å². The number of hydrogen-bond acceptors (Lipinski definition) is 5. The van der Waals surface area contributed by atoms with E-state index in [-0.39, 0.29) is 18.9 Å². The molecule has 0 saturated carbocycles. The number of nitro benzene ring substituents is 1. The van der Waals surface area contributed by atoms with Crippen LogP contribution in [0.1, 0.15) is 5.56 Å². The van der Waals surface area contributed by atoms with Crippen LogP contribution in [0.3, 0.4) is 0 Å². The molecule has 6 nitrogen and oxygen atoms in total. The molecule has 2 rings (SSSR count). The van der Waals surface area contributed by atoms with Gasteiger partial charge in [0.05, 0.1) is 11.5 Å². The quantitative estimate of drug-likeness (QED) is 0.625. The summed E-state index contributed by atoms with van der Waals surface area (Å²) in [5.41, 5.74) is 0.908. The summed E-state index contributed by atoms with van der Waals surface area (Å²) < 4.78 is 10.8. The van der Waals surface area contributed by atoms with Gasteiger partial charge >= 0.3 is 0 Å². The van der Waals surface area contributed by atoms with Gasteiger partial charge < -0.3 is 14.6 Å². The second-order valence-corrected chi connectivity index (χ2v) is 4.26. The number of aliphatic hydroxyl groups is 1. The van der Waals surface area contributed by atoms with E-state index in [9.17, 15) is 10.1 Å². The van der Waals surface area contributed by atoms with Crippen molar-refractivity contribution >= 4 is 5.69 Å². The maximum Gasteiger partial charge on any atom is 0.269 e. The molecule has 21 heavy (non-hydrogen) atoms. The van der Waals surface area contributed by atoms with Gasteiger partial charge in [0.2, 0.25) is 0 Å². The highest BCUT2D eigenvalue weighted by molar-refractivity contribution is 5.34. The molecule has 0 aliphatic rings. The standard InChI is InChI=1S/C15H15NO5/c17-9-10-20-14-5-7-15(8-6-14)21-11-12-1-3-13(4-2-12)16(18)19/h1-8,17H,9-11H2. The molecular weight excluding hydrogens is 274 g/mol. The fourth-order valence-corrected chi connectivity index (χ4v) is 1.68. The van der Waals surface area contributed by atoms with Crippen molar-refractivity contribution in [1.82, 2.24) is 0 Å². The first-order valence-corrected chi connectivity index (χ1v) is 6.39. The van der Waals surface area contributed by atoms with E-state index < -0.39 is 4.92 Å². The Hall–Kier alpha value is -2.60. The van der Waals surface area contributed by atoms with Crippen LogP contribution in [-0.4, -0.2) is 23.2 Å². The van der Waals surface area contributed by atoms with Gasteiger partial charge in [-0.25, -0.2) is 0 Å². The molecule has 1 N–H and O–H groups in total. The van der Waals surface area contributed by atoms with Crippen LogP contribution in [-0.2, 0) is 6.61 Å². The topological polar surface area (TPSA) is 81.8 Å². The number of nitrogens with zero attached hydrogens (tertiary/aromatic N) is 1. The molecular formula is C15H15NO5. The Morgan fingerprint density at radius 1 is 0.952 bits per heavy atom. The van der Waals surface area contributed by atoms with Crippen molar-refractivity contribution in [1.29, 1.82) is 0 Å². The van der Waals surface area contributed by atoms with Crippen molar-refractivity contribution in [3.8, 4) is 11.5 Å². The highest BCUT2D eigenvalue weighted by Crippen LogP contribution is 2.19. The smallest absolute Gasteiger partial charge is 0.269 e. The third-order valence-electron chi connectivity index (χ3n) is 2.74. The molecule has 0 heterocycles. The predicted octanol–water partition coefficient (Wildman–Crippen LogP) is 2.54. The van der Waals surface area contributed by atoms with Gasteiger partial charge in [0.1, 0.15) is 24.7 Å². The number of nitro groups is 1. The fourth-order valence-electron chi connectivity index (χ4n) is 1.68. The second-order valence-electron chi connectivity index (χ2n) is 4.26. The Kier molecular flexibility index (Phi) is 5.11. The van der Waals surface area contributed by atoms with Crippen molar-refractivity contribution in [3.05, 3.63) is 64.2 Å². The predicted molar refractivity (Wildman–Crippen MR) is 76.5 cm³/mol. The summed E-state index contributed by atoms with van der Waals surface area (Å²) in [6, 6.07) is 13.3. The van der Waals surface area contributed by atoms with Crippen molar-refractivity contribution < 1.29 is 19.5 Å². The molecule has 0 aliphatic carbocycles. The Labute approximate surface area is 121 Å². The number of rotatable bonds is 7. The second kappa shape index (κ2) is 7.25. The van der Waals surface area contributed by atoms with Gasteiger partial charge in [-0.2, -0.15) is 0 Å². The summed E-state index contributed by atoms with van der Waals surface area (Å²) in [5, 5.41) is 19.2. The summed E-state index contributed by atoms with van der Waals surface area (Å²) in [5.74, 6) is 1.33. The van der Waals surface area contributed by atoms with Crippen molar-refractivity contribution in [2.45, 2.75) is 6.61 Å². The molecule has 0 saturated heterocycles. The van der Waals surface area contributed by atoms with Gasteiger partial charge in [-0.1, -0.05) is 0 Å². The first kappa shape index (κ1) is 14.8. The lowest BCUT2D eigenvalue weighted by Crippen LogP contribution is -2.01. The van der Waals surface area contributed by atoms with Gasteiger partial charge in [-0.15, -0.1) is 0 Å². The summed E-state index contributed by atoms with van der Waals surface area (Å²) in [4.78, 5) is 10.1. The minimum atomic E-state index is -0.435. The monoisotopic (exact) mass is 289 g/mol. The molecule has 0 atom stereocenters. The van der Waals surface area contributed by atoms with E-state index in [4.69, 9.17) is 14.6 Å². The molecule has 110 valence electrons. The number of non-ortho nitro benzene ring substituents is 1. The molecule has 2 aromatic carbocycles. The highest BCUT2D eigenvalue weighted by Gasteiger charge is 2.04. The molecule has 0 aromatic heterocycles. The van der Waals surface area contributed by atoms with Crippen LogP contribution in [0.5, 0.6) is 11.5 Å². The van der Waals surface area contributed by atoms with Crippen LogP contribution in [0.25, 0.3) is 0 Å². The van der Waals surface area contributed by atoms with Gasteiger partial charge in [-0.3, -0.25) is 10.1 Å². The molecule has 0 bridgehead atoms. The zero-order valence-corrected chi connectivity index (χ0v) is 11.3. The van der Waals surface area contributed by atoms with Gasteiger partial charge in [-0.05, 0) is 42.0 Å². The Balaban J connectivity index is 1.88. The zero-order valence-electron chi connectivity index (χ0n) is 11.3. The van der Waals surface area contributed by atoms with Gasteiger partial charge in [0.25, 0.3) is 5.69 Å². The third kappa shape index (κ3) is 4.47. The van der Waals surface area contributed by atoms with E-state index in [1.165, 1.54) is 12.1 Å². The van der Waals surface area contributed by atoms with Crippen molar-refractivity contribution in [2.75, 3.05) is 13.2 Å². The van der Waals surface area contributed by atoms with Crippen LogP contribution < -0.4 is 9.47 Å². The van der Waals surface area contributed by atoms with E-state index in [0.717, 1.165) is 5.56 Å². The van der Waals surface area contributed by atoms with E-state index in [0.29, 0.717) is 18.1 Å². The number of ether oxygens (including phenoxy) is 2. The number of hydrogen-bond donors (Lipinski definition) is 1. The molecule has 6 heteroatoms. The minimum Gasteiger partial charge on any atom is -0.491 e. The Morgan fingerprint density at radius 2 is 1.52 bits per heavy atom. The van der Waals surface area contributed by atoms with E-state index in [1.54, 1.807) is 36.4 Å². The first-order valence-electron chi connectivity index (χ1n) is 6.39. The summed E-state index contributed by atoms with van der Waals surface area (Å²) >= 11 is 0. The van der Waals surface area contributed by atoms with Crippen LogP contribution in [0.2, 0.25) is 0 Å². The lowest BCUT2D eigenvalue weighted by atomic mass is 10.2. The summed E-state index contributed by atoms with van der Waals surface area (Å²) in [6.45, 7) is 0.552. The minimum absolute atomic E-state index is 0.0294. The lowest BCUT2D eigenvalue weighted by Gasteiger charge is -2.08. The molecule has 0 radical (unpaired) electrons. The number of aliphatic hydroxyl groups excluding tert-OH is 1. The molecule has 0 unspecified atom stereocenters. The normalized spacial score (nSPS) is 10.1. The average molecular weight is 289 g/mol. The zero-order chi connectivity index (χ0) is 15.1. The van der Waals surface area contributed by atoms with E-state index in [1.807, 2.05) is 0 Å².